The molecule has 8 nitrogen and oxygen atoms in total. The van der Waals surface area contributed by atoms with Crippen molar-refractivity contribution in [2.24, 2.45) is 5.10 Å². The monoisotopic (exact) mass is 284 g/mol. The second kappa shape index (κ2) is 5.91. The van der Waals surface area contributed by atoms with Crippen LogP contribution in [-0.2, 0) is 0 Å². The molecule has 1 heterocycles. The van der Waals surface area contributed by atoms with Crippen molar-refractivity contribution in [1.29, 1.82) is 0 Å². The van der Waals surface area contributed by atoms with Crippen molar-refractivity contribution in [2.75, 3.05) is 11.3 Å². The lowest BCUT2D eigenvalue weighted by Gasteiger charge is -2.01. The number of hydrazone groups is 1. The zero-order chi connectivity index (χ0) is 13.1. The molecule has 2 aromatic rings. The van der Waals surface area contributed by atoms with E-state index >= 15 is 0 Å². The van der Waals surface area contributed by atoms with Crippen molar-refractivity contribution in [2.45, 2.75) is 6.92 Å². The summed E-state index contributed by atoms with van der Waals surface area (Å²) < 4.78 is 1.24. The van der Waals surface area contributed by atoms with Crippen LogP contribution < -0.4 is 11.3 Å². The standard InChI is InChI=1S/C10H12N6O2.ClH/c1-6-13-15-10(16(6)11)14-12-5-7-2-3-8(17)4-9(7)18;/h2-5,17-18H,11H2,1H3,(H,14,15);1H/b12-5+;. The average molecular weight is 285 g/mol. The molecule has 9 heteroatoms. The van der Waals surface area contributed by atoms with E-state index in [1.54, 1.807) is 6.92 Å². The van der Waals surface area contributed by atoms with Gasteiger partial charge in [0.15, 0.2) is 5.82 Å². The molecule has 0 fully saturated rings. The fraction of sp³-hybridized carbons (Fsp3) is 0.100. The number of hydrogen-bond acceptors (Lipinski definition) is 7. The van der Waals surface area contributed by atoms with Crippen molar-refractivity contribution in [3.63, 3.8) is 0 Å². The van der Waals surface area contributed by atoms with Crippen molar-refractivity contribution in [1.82, 2.24) is 14.9 Å². The zero-order valence-corrected chi connectivity index (χ0v) is 10.8. The quantitative estimate of drug-likeness (QED) is 0.371. The van der Waals surface area contributed by atoms with E-state index in [1.807, 2.05) is 0 Å². The SMILES string of the molecule is Cc1nnc(N/N=C/c2ccc(O)cc2O)n1N.Cl. The minimum absolute atomic E-state index is 0. The maximum atomic E-state index is 9.51. The summed E-state index contributed by atoms with van der Waals surface area (Å²) in [6, 6.07) is 4.18. The van der Waals surface area contributed by atoms with Gasteiger partial charge in [-0.1, -0.05) is 0 Å². The summed E-state index contributed by atoms with van der Waals surface area (Å²) in [6.45, 7) is 1.70. The first-order valence-electron chi connectivity index (χ1n) is 5.06. The summed E-state index contributed by atoms with van der Waals surface area (Å²) in [7, 11) is 0. The Labute approximate surface area is 115 Å². The Balaban J connectivity index is 0.00000180. The topological polar surface area (TPSA) is 122 Å². The number of nitrogens with two attached hydrogens (primary N) is 1. The number of phenols is 2. The second-order valence-electron chi connectivity index (χ2n) is 3.55. The third kappa shape index (κ3) is 3.26. The smallest absolute Gasteiger partial charge is 0.263 e. The largest absolute Gasteiger partial charge is 0.508 e. The van der Waals surface area contributed by atoms with Gasteiger partial charge in [-0.3, -0.25) is 0 Å². The second-order valence-corrected chi connectivity index (χ2v) is 3.55. The van der Waals surface area contributed by atoms with E-state index in [4.69, 9.17) is 10.9 Å². The van der Waals surface area contributed by atoms with Crippen LogP contribution in [0, 0.1) is 6.92 Å². The van der Waals surface area contributed by atoms with Gasteiger partial charge in [-0.2, -0.15) is 5.10 Å². The van der Waals surface area contributed by atoms with Crippen molar-refractivity contribution < 1.29 is 10.2 Å². The number of aryl methyl sites for hydroxylation is 1. The molecule has 1 aromatic carbocycles. The summed E-state index contributed by atoms with van der Waals surface area (Å²) in [5, 5.41) is 30.0. The summed E-state index contributed by atoms with van der Waals surface area (Å²) in [5.74, 6) is 6.33. The molecule has 0 saturated heterocycles. The summed E-state index contributed by atoms with van der Waals surface area (Å²) in [4.78, 5) is 0. The molecule has 0 atom stereocenters. The predicted octanol–water partition coefficient (Wildman–Crippen LogP) is 0.579. The van der Waals surface area contributed by atoms with Gasteiger partial charge in [0.2, 0.25) is 0 Å². The normalized spacial score (nSPS) is 10.4. The lowest BCUT2D eigenvalue weighted by atomic mass is 10.2. The Bertz CT molecular complexity index is 598. The fourth-order valence-electron chi connectivity index (χ4n) is 1.25. The third-order valence-electron chi connectivity index (χ3n) is 2.25. The molecule has 5 N–H and O–H groups in total. The molecule has 2 rings (SSSR count). The molecule has 0 radical (unpaired) electrons. The molecule has 0 amide bonds. The highest BCUT2D eigenvalue weighted by molar-refractivity contribution is 5.85. The lowest BCUT2D eigenvalue weighted by molar-refractivity contribution is 0.450. The molecule has 1 aromatic heterocycles. The number of halogens is 1. The van der Waals surface area contributed by atoms with Crippen molar-refractivity contribution >= 4 is 24.6 Å². The third-order valence-corrected chi connectivity index (χ3v) is 2.25. The highest BCUT2D eigenvalue weighted by Gasteiger charge is 2.03. The van der Waals surface area contributed by atoms with Crippen LogP contribution in [0.1, 0.15) is 11.4 Å². The molecule has 0 aliphatic rings. The number of nitrogen functional groups attached to an aromatic ring is 1. The van der Waals surface area contributed by atoms with Crippen LogP contribution in [-0.4, -0.2) is 31.3 Å². The van der Waals surface area contributed by atoms with Gasteiger partial charge in [0, 0.05) is 11.6 Å². The molecule has 0 spiro atoms. The van der Waals surface area contributed by atoms with Crippen LogP contribution in [0.3, 0.4) is 0 Å². The Kier molecular flexibility index (Phi) is 4.54. The summed E-state index contributed by atoms with van der Waals surface area (Å²) in [5.41, 5.74) is 3.03. The van der Waals surface area contributed by atoms with E-state index in [0.29, 0.717) is 11.4 Å². The van der Waals surface area contributed by atoms with Gasteiger partial charge in [-0.05, 0) is 19.1 Å². The van der Waals surface area contributed by atoms with E-state index in [0.717, 1.165) is 0 Å². The number of rotatable bonds is 3. The number of phenolic OH excluding ortho intramolecular Hbond substituents is 2. The first-order chi connectivity index (χ1) is 8.58. The molecule has 19 heavy (non-hydrogen) atoms. The molecular formula is C10H13ClN6O2. The van der Waals surface area contributed by atoms with Gasteiger partial charge in [-0.25, -0.2) is 10.1 Å². The number of nitrogens with zero attached hydrogens (tertiary/aromatic N) is 4. The van der Waals surface area contributed by atoms with Gasteiger partial charge in [0.1, 0.15) is 11.5 Å². The number of aromatic nitrogens is 3. The van der Waals surface area contributed by atoms with Crippen molar-refractivity contribution in [3.8, 4) is 11.5 Å². The van der Waals surface area contributed by atoms with Crippen LogP contribution >= 0.6 is 12.4 Å². The molecule has 102 valence electrons. The number of aromatic hydroxyl groups is 2. The zero-order valence-electron chi connectivity index (χ0n) is 9.98. The predicted molar refractivity (Wildman–Crippen MR) is 73.1 cm³/mol. The highest BCUT2D eigenvalue weighted by Crippen LogP contribution is 2.20. The van der Waals surface area contributed by atoms with Gasteiger partial charge in [0.25, 0.3) is 5.95 Å². The molecule has 0 aliphatic heterocycles. The lowest BCUT2D eigenvalue weighted by Crippen LogP contribution is -2.13. The van der Waals surface area contributed by atoms with Gasteiger partial charge in [0.05, 0.1) is 6.21 Å². The van der Waals surface area contributed by atoms with Crippen LogP contribution in [0.15, 0.2) is 23.3 Å². The van der Waals surface area contributed by atoms with Crippen LogP contribution in [0.5, 0.6) is 11.5 Å². The first kappa shape index (κ1) is 14.6. The summed E-state index contributed by atoms with van der Waals surface area (Å²) >= 11 is 0. The van der Waals surface area contributed by atoms with Crippen molar-refractivity contribution in [3.05, 3.63) is 29.6 Å². The number of benzene rings is 1. The fourth-order valence-corrected chi connectivity index (χ4v) is 1.25. The first-order valence-corrected chi connectivity index (χ1v) is 5.06. The number of nitrogens with one attached hydrogen (secondary N) is 1. The van der Waals surface area contributed by atoms with E-state index in [9.17, 15) is 5.11 Å². The molecule has 0 aliphatic carbocycles. The van der Waals surface area contributed by atoms with Crippen LogP contribution in [0.4, 0.5) is 5.95 Å². The molecule has 0 unspecified atom stereocenters. The molecule has 0 bridgehead atoms. The van der Waals surface area contributed by atoms with E-state index in [1.165, 1.54) is 29.1 Å². The molecular weight excluding hydrogens is 272 g/mol. The Morgan fingerprint density at radius 1 is 1.37 bits per heavy atom. The Hall–Kier alpha value is -2.48. The van der Waals surface area contributed by atoms with Gasteiger partial charge in [-0.15, -0.1) is 22.6 Å². The van der Waals surface area contributed by atoms with Gasteiger partial charge < -0.3 is 16.1 Å². The molecule has 0 saturated carbocycles. The minimum Gasteiger partial charge on any atom is -0.508 e. The summed E-state index contributed by atoms with van der Waals surface area (Å²) in [6.07, 6.45) is 1.37. The average Bonchev–Trinajstić information content (AvgIpc) is 2.64. The number of hydrogen-bond donors (Lipinski definition) is 4. The number of anilines is 1. The van der Waals surface area contributed by atoms with Gasteiger partial charge >= 0.3 is 0 Å². The van der Waals surface area contributed by atoms with Crippen LogP contribution in [0.25, 0.3) is 0 Å². The maximum absolute atomic E-state index is 9.51. The van der Waals surface area contributed by atoms with Crippen LogP contribution in [0.2, 0.25) is 0 Å². The Morgan fingerprint density at radius 3 is 2.68 bits per heavy atom. The van der Waals surface area contributed by atoms with E-state index < -0.39 is 0 Å². The highest BCUT2D eigenvalue weighted by atomic mass is 35.5. The maximum Gasteiger partial charge on any atom is 0.263 e. The van der Waals surface area contributed by atoms with E-state index in [2.05, 4.69) is 20.7 Å². The van der Waals surface area contributed by atoms with E-state index in [-0.39, 0.29) is 29.9 Å². The minimum atomic E-state index is -0.0778. The Morgan fingerprint density at radius 2 is 2.11 bits per heavy atom.